The number of methoxy groups -OCH3 is 1. The fourth-order valence-corrected chi connectivity index (χ4v) is 3.00. The molecule has 6 nitrogen and oxygen atoms in total. The molecule has 0 radical (unpaired) electrons. The molecule has 1 heterocycles. The molecule has 0 bridgehead atoms. The van der Waals surface area contributed by atoms with Crippen molar-refractivity contribution in [3.8, 4) is 5.75 Å². The minimum atomic E-state index is -0.415. The van der Waals surface area contributed by atoms with Crippen molar-refractivity contribution in [3.63, 3.8) is 0 Å². The number of H-pyrrole nitrogens is 1. The molecule has 3 aromatic rings. The van der Waals surface area contributed by atoms with Gasteiger partial charge in [0.15, 0.2) is 5.82 Å². The molecular formula is C19H21ClN4O2. The lowest BCUT2D eigenvalue weighted by molar-refractivity contribution is -0.118. The molecule has 0 spiro atoms. The van der Waals surface area contributed by atoms with Crippen LogP contribution in [-0.4, -0.2) is 29.3 Å². The molecule has 0 saturated carbocycles. The molecule has 0 aliphatic rings. The number of fused-ring (bicyclic) bond motifs is 1. The maximum absolute atomic E-state index is 12.5. The van der Waals surface area contributed by atoms with Crippen molar-refractivity contribution in [2.75, 3.05) is 12.4 Å². The van der Waals surface area contributed by atoms with E-state index in [1.165, 1.54) is 0 Å². The average Bonchev–Trinajstić information content (AvgIpc) is 3.06. The van der Waals surface area contributed by atoms with Gasteiger partial charge in [0, 0.05) is 11.4 Å². The second-order valence-electron chi connectivity index (χ2n) is 6.11. The summed E-state index contributed by atoms with van der Waals surface area (Å²) in [5.41, 5.74) is 1.75. The van der Waals surface area contributed by atoms with Crippen LogP contribution in [0.4, 0.5) is 5.82 Å². The maximum atomic E-state index is 12.5. The van der Waals surface area contributed by atoms with Crippen molar-refractivity contribution in [3.05, 3.63) is 53.1 Å². The van der Waals surface area contributed by atoms with E-state index < -0.39 is 6.04 Å². The summed E-state index contributed by atoms with van der Waals surface area (Å²) in [7, 11) is 1.63. The number of rotatable bonds is 6. The number of hydrogen-bond donors (Lipinski definition) is 3. The number of anilines is 1. The molecule has 2 atom stereocenters. The zero-order chi connectivity index (χ0) is 18.7. The van der Waals surface area contributed by atoms with Crippen LogP contribution in [0.1, 0.15) is 25.5 Å². The second kappa shape index (κ2) is 7.76. The molecule has 0 saturated heterocycles. The monoisotopic (exact) mass is 372 g/mol. The Kier molecular flexibility index (Phi) is 5.44. The lowest BCUT2D eigenvalue weighted by Gasteiger charge is -2.20. The highest BCUT2D eigenvalue weighted by molar-refractivity contribution is 6.35. The number of nitrogens with one attached hydrogen (secondary N) is 3. The van der Waals surface area contributed by atoms with Crippen LogP contribution in [0.5, 0.6) is 5.75 Å². The van der Waals surface area contributed by atoms with Gasteiger partial charge in [0.2, 0.25) is 5.91 Å². The van der Waals surface area contributed by atoms with Gasteiger partial charge in [0.1, 0.15) is 5.75 Å². The van der Waals surface area contributed by atoms with Crippen molar-refractivity contribution >= 4 is 34.2 Å². The Hall–Kier alpha value is -2.57. The minimum Gasteiger partial charge on any atom is -0.497 e. The molecule has 0 fully saturated rings. The number of carbonyl (C=O) groups excluding carboxylic acids is 1. The molecule has 0 aliphatic heterocycles. The molecular weight excluding hydrogens is 352 g/mol. The molecule has 3 N–H and O–H groups in total. The van der Waals surface area contributed by atoms with Crippen LogP contribution in [-0.2, 0) is 4.79 Å². The van der Waals surface area contributed by atoms with E-state index in [4.69, 9.17) is 16.3 Å². The molecule has 136 valence electrons. The standard InChI is InChI=1S/C19H21ClN4O2/c1-11(13-6-4-7-14(10-13)26-3)21-12(2)19(25)22-18-15-8-5-9-16(20)17(15)23-24-18/h4-12,21H,1-3H3,(H2,22,23,24,25)/t11-,12-/m0/s1. The maximum Gasteiger partial charge on any atom is 0.242 e. The molecule has 7 heteroatoms. The number of halogens is 1. The summed E-state index contributed by atoms with van der Waals surface area (Å²) in [6.07, 6.45) is 0. The Labute approximate surface area is 156 Å². The van der Waals surface area contributed by atoms with E-state index in [9.17, 15) is 4.79 Å². The summed E-state index contributed by atoms with van der Waals surface area (Å²) in [4.78, 5) is 12.5. The Balaban J connectivity index is 1.68. The lowest BCUT2D eigenvalue weighted by Crippen LogP contribution is -2.39. The first-order valence-corrected chi connectivity index (χ1v) is 8.71. The Bertz CT molecular complexity index is 925. The summed E-state index contributed by atoms with van der Waals surface area (Å²) in [6.45, 7) is 3.82. The third-order valence-electron chi connectivity index (χ3n) is 4.28. The van der Waals surface area contributed by atoms with E-state index >= 15 is 0 Å². The largest absolute Gasteiger partial charge is 0.497 e. The van der Waals surface area contributed by atoms with Crippen LogP contribution in [0.25, 0.3) is 10.9 Å². The Morgan fingerprint density at radius 2 is 2.00 bits per heavy atom. The predicted octanol–water partition coefficient (Wildman–Crippen LogP) is 3.90. The number of aromatic nitrogens is 2. The topological polar surface area (TPSA) is 79.0 Å². The summed E-state index contributed by atoms with van der Waals surface area (Å²) < 4.78 is 5.25. The van der Waals surface area contributed by atoms with E-state index in [2.05, 4.69) is 20.8 Å². The van der Waals surface area contributed by atoms with Crippen LogP contribution in [0.3, 0.4) is 0 Å². The fraction of sp³-hybridized carbons (Fsp3) is 0.263. The summed E-state index contributed by atoms with van der Waals surface area (Å²) in [5.74, 6) is 1.08. The van der Waals surface area contributed by atoms with E-state index in [1.807, 2.05) is 50.2 Å². The Morgan fingerprint density at radius 1 is 1.23 bits per heavy atom. The van der Waals surface area contributed by atoms with Gasteiger partial charge in [-0.15, -0.1) is 0 Å². The van der Waals surface area contributed by atoms with Gasteiger partial charge in [-0.2, -0.15) is 5.10 Å². The van der Waals surface area contributed by atoms with Gasteiger partial charge in [-0.05, 0) is 43.7 Å². The van der Waals surface area contributed by atoms with Crippen molar-refractivity contribution in [1.29, 1.82) is 0 Å². The van der Waals surface area contributed by atoms with E-state index in [0.29, 0.717) is 16.4 Å². The highest BCUT2D eigenvalue weighted by atomic mass is 35.5. The molecule has 2 aromatic carbocycles. The lowest BCUT2D eigenvalue weighted by atomic mass is 10.1. The molecule has 26 heavy (non-hydrogen) atoms. The van der Waals surface area contributed by atoms with Gasteiger partial charge < -0.3 is 10.1 Å². The zero-order valence-corrected chi connectivity index (χ0v) is 15.6. The van der Waals surface area contributed by atoms with Crippen molar-refractivity contribution in [2.45, 2.75) is 25.9 Å². The van der Waals surface area contributed by atoms with Crippen molar-refractivity contribution < 1.29 is 9.53 Å². The predicted molar refractivity (Wildman–Crippen MR) is 104 cm³/mol. The summed E-state index contributed by atoms with van der Waals surface area (Å²) in [5, 5.41) is 14.5. The first kappa shape index (κ1) is 18.2. The second-order valence-corrected chi connectivity index (χ2v) is 6.52. The molecule has 1 amide bonds. The van der Waals surface area contributed by atoms with Gasteiger partial charge >= 0.3 is 0 Å². The third-order valence-corrected chi connectivity index (χ3v) is 4.59. The van der Waals surface area contributed by atoms with Crippen LogP contribution in [0.15, 0.2) is 42.5 Å². The molecule has 1 aromatic heterocycles. The number of carbonyl (C=O) groups is 1. The van der Waals surface area contributed by atoms with Gasteiger partial charge in [0.25, 0.3) is 0 Å². The van der Waals surface area contributed by atoms with Crippen molar-refractivity contribution in [2.24, 2.45) is 0 Å². The normalized spacial score (nSPS) is 13.4. The van der Waals surface area contributed by atoms with Crippen LogP contribution in [0, 0.1) is 0 Å². The minimum absolute atomic E-state index is 0.0174. The van der Waals surface area contributed by atoms with E-state index in [-0.39, 0.29) is 11.9 Å². The Morgan fingerprint density at radius 3 is 2.77 bits per heavy atom. The SMILES string of the molecule is COc1cccc([C@H](C)N[C@@H](C)C(=O)Nc2n[nH]c3c(Cl)cccc23)c1. The molecule has 0 aliphatic carbocycles. The van der Waals surface area contributed by atoms with Crippen LogP contribution in [0.2, 0.25) is 5.02 Å². The van der Waals surface area contributed by atoms with Gasteiger partial charge in [-0.3, -0.25) is 15.2 Å². The number of benzene rings is 2. The van der Waals surface area contributed by atoms with Crippen LogP contribution < -0.4 is 15.4 Å². The van der Waals surface area contributed by atoms with Gasteiger partial charge in [-0.25, -0.2) is 0 Å². The van der Waals surface area contributed by atoms with Gasteiger partial charge in [-0.1, -0.05) is 29.8 Å². The number of hydrogen-bond acceptors (Lipinski definition) is 4. The van der Waals surface area contributed by atoms with E-state index in [1.54, 1.807) is 13.2 Å². The zero-order valence-electron chi connectivity index (χ0n) is 14.8. The number of para-hydroxylation sites is 1. The number of nitrogens with zero attached hydrogens (tertiary/aromatic N) is 1. The summed E-state index contributed by atoms with van der Waals surface area (Å²) >= 11 is 6.12. The first-order valence-electron chi connectivity index (χ1n) is 8.33. The quantitative estimate of drug-likeness (QED) is 0.613. The average molecular weight is 373 g/mol. The number of aromatic amines is 1. The smallest absolute Gasteiger partial charge is 0.242 e. The van der Waals surface area contributed by atoms with Gasteiger partial charge in [0.05, 0.1) is 23.7 Å². The van der Waals surface area contributed by atoms with E-state index in [0.717, 1.165) is 16.7 Å². The van der Waals surface area contributed by atoms with Crippen molar-refractivity contribution in [1.82, 2.24) is 15.5 Å². The highest BCUT2D eigenvalue weighted by Crippen LogP contribution is 2.26. The summed E-state index contributed by atoms with van der Waals surface area (Å²) in [6, 6.07) is 12.8. The molecule has 3 rings (SSSR count). The molecule has 0 unspecified atom stereocenters. The third kappa shape index (κ3) is 3.81. The number of ether oxygens (including phenoxy) is 1. The fourth-order valence-electron chi connectivity index (χ4n) is 2.79. The highest BCUT2D eigenvalue weighted by Gasteiger charge is 2.19. The van der Waals surface area contributed by atoms with Crippen LogP contribution >= 0.6 is 11.6 Å². The first-order chi connectivity index (χ1) is 12.5. The number of amides is 1.